The Morgan fingerprint density at radius 3 is 3.13 bits per heavy atom. The minimum atomic E-state index is 0.562. The summed E-state index contributed by atoms with van der Waals surface area (Å²) < 4.78 is 5.08. The topological polar surface area (TPSA) is 38.2 Å². The molecule has 0 saturated carbocycles. The van der Waals surface area contributed by atoms with E-state index in [4.69, 9.17) is 4.74 Å². The second kappa shape index (κ2) is 4.79. The average molecular weight is 272 g/mol. The van der Waals surface area contributed by atoms with Gasteiger partial charge in [-0.15, -0.1) is 0 Å². The van der Waals surface area contributed by atoms with Gasteiger partial charge in [0.25, 0.3) is 0 Å². The predicted molar refractivity (Wildman–Crippen MR) is 62.7 cm³/mol. The van der Waals surface area contributed by atoms with E-state index in [1.54, 1.807) is 13.4 Å². The fraction of sp³-hybridized carbons (Fsp3) is 0.600. The molecule has 0 bridgehead atoms. The highest BCUT2D eigenvalue weighted by atomic mass is 79.9. The molecule has 4 nitrogen and oxygen atoms in total. The molecule has 0 radical (unpaired) electrons. The first kappa shape index (κ1) is 10.7. The second-order valence-electron chi connectivity index (χ2n) is 3.60. The predicted octanol–water partition coefficient (Wildman–Crippen LogP) is 1.85. The molecule has 5 heteroatoms. The van der Waals surface area contributed by atoms with Gasteiger partial charge in [0, 0.05) is 24.0 Å². The SMILES string of the molecule is COc1cc(N2CCCC(Br)C2)ncn1. The van der Waals surface area contributed by atoms with Crippen molar-refractivity contribution < 1.29 is 4.74 Å². The Hall–Kier alpha value is -0.840. The van der Waals surface area contributed by atoms with Crippen LogP contribution in [0.5, 0.6) is 5.88 Å². The molecule has 1 saturated heterocycles. The molecular formula is C10H14BrN3O. The molecule has 1 unspecified atom stereocenters. The van der Waals surface area contributed by atoms with Crippen molar-refractivity contribution in [2.75, 3.05) is 25.1 Å². The Bertz CT molecular complexity index is 334. The van der Waals surface area contributed by atoms with Crippen molar-refractivity contribution in [1.82, 2.24) is 9.97 Å². The van der Waals surface area contributed by atoms with E-state index in [-0.39, 0.29) is 0 Å². The zero-order valence-electron chi connectivity index (χ0n) is 8.69. The van der Waals surface area contributed by atoms with Crippen LogP contribution in [-0.2, 0) is 0 Å². The number of aromatic nitrogens is 2. The minimum absolute atomic E-state index is 0.562. The van der Waals surface area contributed by atoms with Crippen LogP contribution < -0.4 is 9.64 Å². The van der Waals surface area contributed by atoms with Crippen LogP contribution in [0.25, 0.3) is 0 Å². The Balaban J connectivity index is 2.13. The van der Waals surface area contributed by atoms with Crippen molar-refractivity contribution >= 4 is 21.7 Å². The molecule has 0 N–H and O–H groups in total. The monoisotopic (exact) mass is 271 g/mol. The van der Waals surface area contributed by atoms with Gasteiger partial charge in [0.05, 0.1) is 7.11 Å². The van der Waals surface area contributed by atoms with E-state index in [0.717, 1.165) is 18.9 Å². The lowest BCUT2D eigenvalue weighted by molar-refractivity contribution is 0.396. The lowest BCUT2D eigenvalue weighted by Crippen LogP contribution is -2.36. The van der Waals surface area contributed by atoms with Gasteiger partial charge in [0.1, 0.15) is 12.1 Å². The quantitative estimate of drug-likeness (QED) is 0.770. The molecule has 0 aliphatic carbocycles. The Labute approximate surface area is 97.8 Å². The molecule has 1 aliphatic heterocycles. The summed E-state index contributed by atoms with van der Waals surface area (Å²) in [5.74, 6) is 1.57. The summed E-state index contributed by atoms with van der Waals surface area (Å²) in [5, 5.41) is 0. The summed E-state index contributed by atoms with van der Waals surface area (Å²) in [6, 6.07) is 1.88. The molecule has 1 aromatic rings. The largest absolute Gasteiger partial charge is 0.481 e. The van der Waals surface area contributed by atoms with Crippen LogP contribution in [-0.4, -0.2) is 35.0 Å². The third-order valence-corrected chi connectivity index (χ3v) is 3.27. The van der Waals surface area contributed by atoms with Gasteiger partial charge in [-0.3, -0.25) is 0 Å². The fourth-order valence-electron chi connectivity index (χ4n) is 1.75. The third kappa shape index (κ3) is 2.59. The summed E-state index contributed by atoms with van der Waals surface area (Å²) in [7, 11) is 1.62. The van der Waals surface area contributed by atoms with E-state index >= 15 is 0 Å². The molecule has 15 heavy (non-hydrogen) atoms. The third-order valence-electron chi connectivity index (χ3n) is 2.52. The van der Waals surface area contributed by atoms with Gasteiger partial charge in [0.15, 0.2) is 0 Å². The minimum Gasteiger partial charge on any atom is -0.481 e. The number of anilines is 1. The zero-order valence-corrected chi connectivity index (χ0v) is 10.3. The van der Waals surface area contributed by atoms with Gasteiger partial charge in [-0.25, -0.2) is 9.97 Å². The number of hydrogen-bond acceptors (Lipinski definition) is 4. The average Bonchev–Trinajstić information content (AvgIpc) is 2.29. The van der Waals surface area contributed by atoms with Gasteiger partial charge >= 0.3 is 0 Å². The standard InChI is InChI=1S/C10H14BrN3O/c1-15-10-5-9(12-7-13-10)14-4-2-3-8(11)6-14/h5,7-8H,2-4,6H2,1H3. The number of nitrogens with zero attached hydrogens (tertiary/aromatic N) is 3. The number of hydrogen-bond donors (Lipinski definition) is 0. The van der Waals surface area contributed by atoms with Gasteiger partial charge in [-0.2, -0.15) is 0 Å². The first-order chi connectivity index (χ1) is 7.29. The van der Waals surface area contributed by atoms with Gasteiger partial charge in [-0.05, 0) is 12.8 Å². The molecule has 2 rings (SSSR count). The van der Waals surface area contributed by atoms with E-state index < -0.39 is 0 Å². The van der Waals surface area contributed by atoms with Crippen LogP contribution in [0.4, 0.5) is 5.82 Å². The maximum atomic E-state index is 5.08. The maximum Gasteiger partial charge on any atom is 0.218 e. The number of piperidine rings is 1. The molecule has 1 fully saturated rings. The molecule has 2 heterocycles. The van der Waals surface area contributed by atoms with E-state index in [9.17, 15) is 0 Å². The normalized spacial score (nSPS) is 21.5. The van der Waals surface area contributed by atoms with Crippen LogP contribution in [0.3, 0.4) is 0 Å². The molecule has 1 aromatic heterocycles. The number of ether oxygens (including phenoxy) is 1. The molecule has 0 aromatic carbocycles. The molecule has 1 aliphatic rings. The van der Waals surface area contributed by atoms with E-state index in [2.05, 4.69) is 30.8 Å². The van der Waals surface area contributed by atoms with Gasteiger partial charge < -0.3 is 9.64 Å². The summed E-state index contributed by atoms with van der Waals surface area (Å²) in [6.07, 6.45) is 3.98. The van der Waals surface area contributed by atoms with E-state index in [0.29, 0.717) is 10.7 Å². The summed E-state index contributed by atoms with van der Waals surface area (Å²) in [5.41, 5.74) is 0. The molecular weight excluding hydrogens is 258 g/mol. The summed E-state index contributed by atoms with van der Waals surface area (Å²) in [6.45, 7) is 2.06. The Kier molecular flexibility index (Phi) is 3.41. The lowest BCUT2D eigenvalue weighted by Gasteiger charge is -2.30. The number of halogens is 1. The van der Waals surface area contributed by atoms with Crippen LogP contribution >= 0.6 is 15.9 Å². The zero-order chi connectivity index (χ0) is 10.7. The lowest BCUT2D eigenvalue weighted by atomic mass is 10.1. The molecule has 1 atom stereocenters. The number of methoxy groups -OCH3 is 1. The van der Waals surface area contributed by atoms with Crippen molar-refractivity contribution in [3.63, 3.8) is 0 Å². The smallest absolute Gasteiger partial charge is 0.218 e. The highest BCUT2D eigenvalue weighted by molar-refractivity contribution is 9.09. The van der Waals surface area contributed by atoms with Crippen LogP contribution in [0.15, 0.2) is 12.4 Å². The summed E-state index contributed by atoms with van der Waals surface area (Å²) >= 11 is 3.65. The van der Waals surface area contributed by atoms with Crippen molar-refractivity contribution in [2.45, 2.75) is 17.7 Å². The highest BCUT2D eigenvalue weighted by Gasteiger charge is 2.18. The van der Waals surface area contributed by atoms with Crippen LogP contribution in [0.1, 0.15) is 12.8 Å². The molecule has 0 amide bonds. The van der Waals surface area contributed by atoms with Gasteiger partial charge in [-0.1, -0.05) is 15.9 Å². The van der Waals surface area contributed by atoms with Crippen molar-refractivity contribution in [3.05, 3.63) is 12.4 Å². The van der Waals surface area contributed by atoms with E-state index in [1.807, 2.05) is 6.07 Å². The summed E-state index contributed by atoms with van der Waals surface area (Å²) in [4.78, 5) is 11.1. The highest BCUT2D eigenvalue weighted by Crippen LogP contribution is 2.23. The van der Waals surface area contributed by atoms with E-state index in [1.165, 1.54) is 12.8 Å². The number of rotatable bonds is 2. The van der Waals surface area contributed by atoms with Crippen molar-refractivity contribution in [1.29, 1.82) is 0 Å². The van der Waals surface area contributed by atoms with Crippen molar-refractivity contribution in [2.24, 2.45) is 0 Å². The van der Waals surface area contributed by atoms with Crippen molar-refractivity contribution in [3.8, 4) is 5.88 Å². The first-order valence-electron chi connectivity index (χ1n) is 5.04. The molecule has 82 valence electrons. The number of alkyl halides is 1. The van der Waals surface area contributed by atoms with Crippen LogP contribution in [0, 0.1) is 0 Å². The Morgan fingerprint density at radius 2 is 2.40 bits per heavy atom. The molecule has 0 spiro atoms. The Morgan fingerprint density at radius 1 is 1.53 bits per heavy atom. The maximum absolute atomic E-state index is 5.08. The van der Waals surface area contributed by atoms with Crippen LogP contribution in [0.2, 0.25) is 0 Å². The fourth-order valence-corrected chi connectivity index (χ4v) is 2.42. The first-order valence-corrected chi connectivity index (χ1v) is 5.96. The van der Waals surface area contributed by atoms with Gasteiger partial charge in [0.2, 0.25) is 5.88 Å². The second-order valence-corrected chi connectivity index (χ2v) is 4.90.